The standard InChI is InChI=1S/C24H23N3O5/c1-15(24(28)29)16-3-5-17(6-4-16)19-12-23(27-14-26-19)25-8-7-18-11-21-22(13-20(18)30-2)32-10-9-31-21/h3-6,11-14H,1,7-10H2,2H3,(H,28,29)(H,25,26,27). The summed E-state index contributed by atoms with van der Waals surface area (Å²) in [5, 5.41) is 12.4. The molecule has 8 heteroatoms. The van der Waals surface area contributed by atoms with E-state index < -0.39 is 5.97 Å². The lowest BCUT2D eigenvalue weighted by Crippen LogP contribution is -2.16. The smallest absolute Gasteiger partial charge is 0.335 e. The fourth-order valence-corrected chi connectivity index (χ4v) is 3.40. The van der Waals surface area contributed by atoms with Crippen molar-refractivity contribution >= 4 is 17.4 Å². The summed E-state index contributed by atoms with van der Waals surface area (Å²) in [7, 11) is 1.64. The molecule has 0 aliphatic carbocycles. The fraction of sp³-hybridized carbons (Fsp3) is 0.208. The third-order valence-electron chi connectivity index (χ3n) is 5.10. The van der Waals surface area contributed by atoms with Gasteiger partial charge in [-0.1, -0.05) is 30.8 Å². The van der Waals surface area contributed by atoms with Crippen LogP contribution >= 0.6 is 0 Å². The fourth-order valence-electron chi connectivity index (χ4n) is 3.40. The van der Waals surface area contributed by atoms with E-state index in [0.717, 1.165) is 28.3 Å². The van der Waals surface area contributed by atoms with Crippen LogP contribution in [-0.4, -0.2) is 47.9 Å². The number of aliphatic carboxylic acids is 1. The van der Waals surface area contributed by atoms with Gasteiger partial charge in [0.1, 0.15) is 31.1 Å². The second-order valence-electron chi connectivity index (χ2n) is 7.13. The summed E-state index contributed by atoms with van der Waals surface area (Å²) in [6.07, 6.45) is 2.19. The zero-order valence-electron chi connectivity index (χ0n) is 17.6. The van der Waals surface area contributed by atoms with Crippen LogP contribution in [0.25, 0.3) is 16.8 Å². The zero-order chi connectivity index (χ0) is 22.5. The number of aromatic nitrogens is 2. The highest BCUT2D eigenvalue weighted by atomic mass is 16.6. The summed E-state index contributed by atoms with van der Waals surface area (Å²) in [4.78, 5) is 19.7. The van der Waals surface area contributed by atoms with Crippen molar-refractivity contribution in [2.24, 2.45) is 0 Å². The molecule has 0 atom stereocenters. The third kappa shape index (κ3) is 4.64. The highest BCUT2D eigenvalue weighted by Crippen LogP contribution is 2.37. The van der Waals surface area contributed by atoms with E-state index in [-0.39, 0.29) is 5.57 Å². The molecule has 164 valence electrons. The highest BCUT2D eigenvalue weighted by Gasteiger charge is 2.16. The number of hydrogen-bond acceptors (Lipinski definition) is 7. The highest BCUT2D eigenvalue weighted by molar-refractivity contribution is 6.14. The number of carbonyl (C=O) groups is 1. The van der Waals surface area contributed by atoms with Gasteiger partial charge in [-0.05, 0) is 23.6 Å². The summed E-state index contributed by atoms with van der Waals surface area (Å²) in [6, 6.07) is 12.7. The average Bonchev–Trinajstić information content (AvgIpc) is 2.83. The quantitative estimate of drug-likeness (QED) is 0.519. The predicted octanol–water partition coefficient (Wildman–Crippen LogP) is 3.68. The van der Waals surface area contributed by atoms with Crippen molar-refractivity contribution < 1.29 is 24.1 Å². The van der Waals surface area contributed by atoms with Gasteiger partial charge in [-0.2, -0.15) is 0 Å². The van der Waals surface area contributed by atoms with E-state index in [9.17, 15) is 4.79 Å². The summed E-state index contributed by atoms with van der Waals surface area (Å²) in [5.74, 6) is 1.82. The Morgan fingerprint density at radius 1 is 1.12 bits per heavy atom. The Hall–Kier alpha value is -4.07. The summed E-state index contributed by atoms with van der Waals surface area (Å²) in [6.45, 7) is 5.27. The Morgan fingerprint density at radius 2 is 1.84 bits per heavy atom. The minimum absolute atomic E-state index is 0.0520. The van der Waals surface area contributed by atoms with E-state index in [1.54, 1.807) is 19.2 Å². The number of hydrogen-bond donors (Lipinski definition) is 2. The molecular formula is C24H23N3O5. The van der Waals surface area contributed by atoms with Gasteiger partial charge < -0.3 is 24.6 Å². The summed E-state index contributed by atoms with van der Waals surface area (Å²) >= 11 is 0. The molecule has 0 radical (unpaired) electrons. The van der Waals surface area contributed by atoms with Crippen molar-refractivity contribution in [1.29, 1.82) is 0 Å². The summed E-state index contributed by atoms with van der Waals surface area (Å²) in [5.41, 5.74) is 3.20. The van der Waals surface area contributed by atoms with Crippen LogP contribution < -0.4 is 19.5 Å². The molecule has 0 spiro atoms. The first-order valence-electron chi connectivity index (χ1n) is 10.1. The van der Waals surface area contributed by atoms with Crippen molar-refractivity contribution in [3.8, 4) is 28.5 Å². The van der Waals surface area contributed by atoms with E-state index in [1.807, 2.05) is 30.3 Å². The van der Waals surface area contributed by atoms with E-state index >= 15 is 0 Å². The normalized spacial score (nSPS) is 12.2. The number of benzene rings is 2. The van der Waals surface area contributed by atoms with Gasteiger partial charge in [-0.15, -0.1) is 0 Å². The van der Waals surface area contributed by atoms with Crippen LogP contribution in [0.1, 0.15) is 11.1 Å². The first-order chi connectivity index (χ1) is 15.5. The minimum atomic E-state index is -1.04. The zero-order valence-corrected chi connectivity index (χ0v) is 17.6. The first-order valence-corrected chi connectivity index (χ1v) is 10.1. The van der Waals surface area contributed by atoms with Gasteiger partial charge in [0.15, 0.2) is 11.5 Å². The Labute approximate surface area is 185 Å². The van der Waals surface area contributed by atoms with Crippen molar-refractivity contribution in [3.63, 3.8) is 0 Å². The van der Waals surface area contributed by atoms with E-state index in [1.165, 1.54) is 6.33 Å². The molecule has 3 aromatic rings. The Balaban J connectivity index is 1.43. The molecule has 0 fully saturated rings. The number of anilines is 1. The predicted molar refractivity (Wildman–Crippen MR) is 120 cm³/mol. The van der Waals surface area contributed by atoms with Crippen molar-refractivity contribution in [3.05, 3.63) is 66.5 Å². The molecule has 2 aromatic carbocycles. The largest absolute Gasteiger partial charge is 0.496 e. The van der Waals surface area contributed by atoms with Crippen molar-refractivity contribution in [2.45, 2.75) is 6.42 Å². The Bertz CT molecular complexity index is 1140. The molecule has 0 unspecified atom stereocenters. The maximum absolute atomic E-state index is 11.1. The molecule has 2 N–H and O–H groups in total. The second-order valence-corrected chi connectivity index (χ2v) is 7.13. The van der Waals surface area contributed by atoms with Crippen LogP contribution in [0.5, 0.6) is 17.2 Å². The molecule has 0 bridgehead atoms. The van der Waals surface area contributed by atoms with E-state index in [2.05, 4.69) is 21.9 Å². The lowest BCUT2D eigenvalue weighted by atomic mass is 10.0. The Morgan fingerprint density at radius 3 is 2.53 bits per heavy atom. The van der Waals surface area contributed by atoms with E-state index in [0.29, 0.717) is 43.3 Å². The lowest BCUT2D eigenvalue weighted by molar-refractivity contribution is -0.130. The SMILES string of the molecule is C=C(C(=O)O)c1ccc(-c2cc(NCCc3cc4c(cc3OC)OCCO4)ncn2)cc1. The minimum Gasteiger partial charge on any atom is -0.496 e. The number of nitrogens with zero attached hydrogens (tertiary/aromatic N) is 2. The number of carboxylic acids is 1. The molecule has 0 amide bonds. The van der Waals surface area contributed by atoms with Gasteiger partial charge in [0, 0.05) is 24.2 Å². The average molecular weight is 433 g/mol. The molecule has 1 aliphatic heterocycles. The maximum Gasteiger partial charge on any atom is 0.335 e. The number of rotatable bonds is 8. The van der Waals surface area contributed by atoms with Gasteiger partial charge in [0.25, 0.3) is 0 Å². The summed E-state index contributed by atoms with van der Waals surface area (Å²) < 4.78 is 16.8. The van der Waals surface area contributed by atoms with Crippen molar-refractivity contribution in [2.75, 3.05) is 32.2 Å². The van der Waals surface area contributed by atoms with Gasteiger partial charge in [-0.3, -0.25) is 0 Å². The van der Waals surface area contributed by atoms with Crippen LogP contribution in [0.15, 0.2) is 55.4 Å². The third-order valence-corrected chi connectivity index (χ3v) is 5.10. The Kier molecular flexibility index (Phi) is 6.21. The number of carboxylic acid groups (broad SMARTS) is 1. The van der Waals surface area contributed by atoms with Crippen LogP contribution in [0.4, 0.5) is 5.82 Å². The number of fused-ring (bicyclic) bond motifs is 1. The number of methoxy groups -OCH3 is 1. The van der Waals surface area contributed by atoms with Gasteiger partial charge in [0.2, 0.25) is 0 Å². The molecule has 1 aromatic heterocycles. The van der Waals surface area contributed by atoms with Crippen LogP contribution in [0, 0.1) is 0 Å². The van der Waals surface area contributed by atoms with Crippen molar-refractivity contribution in [1.82, 2.24) is 9.97 Å². The van der Waals surface area contributed by atoms with Gasteiger partial charge in [-0.25, -0.2) is 14.8 Å². The molecule has 2 heterocycles. The first kappa shape index (κ1) is 21.2. The lowest BCUT2D eigenvalue weighted by Gasteiger charge is -2.20. The second kappa shape index (κ2) is 9.38. The maximum atomic E-state index is 11.1. The monoisotopic (exact) mass is 433 g/mol. The van der Waals surface area contributed by atoms with E-state index in [4.69, 9.17) is 19.3 Å². The number of nitrogens with one attached hydrogen (secondary N) is 1. The molecule has 1 aliphatic rings. The molecule has 0 saturated heterocycles. The number of ether oxygens (including phenoxy) is 3. The van der Waals surface area contributed by atoms with Crippen LogP contribution in [-0.2, 0) is 11.2 Å². The van der Waals surface area contributed by atoms with Crippen LogP contribution in [0.3, 0.4) is 0 Å². The molecule has 8 nitrogen and oxygen atoms in total. The molecule has 4 rings (SSSR count). The molecule has 32 heavy (non-hydrogen) atoms. The molecule has 0 saturated carbocycles. The van der Waals surface area contributed by atoms with Gasteiger partial charge in [0.05, 0.1) is 18.4 Å². The van der Waals surface area contributed by atoms with Gasteiger partial charge >= 0.3 is 5.97 Å². The topological polar surface area (TPSA) is 103 Å². The van der Waals surface area contributed by atoms with Crippen LogP contribution in [0.2, 0.25) is 0 Å². The molecular weight excluding hydrogens is 410 g/mol.